The van der Waals surface area contributed by atoms with Gasteiger partial charge in [0.05, 0.1) is 22.9 Å². The van der Waals surface area contributed by atoms with Crippen LogP contribution >= 0.6 is 0 Å². The number of amides is 2. The number of para-hydroxylation sites is 1. The van der Waals surface area contributed by atoms with Gasteiger partial charge >= 0.3 is 0 Å². The Morgan fingerprint density at radius 2 is 1.75 bits per heavy atom. The molecule has 1 atom stereocenters. The highest BCUT2D eigenvalue weighted by Crippen LogP contribution is 2.23. The van der Waals surface area contributed by atoms with Crippen molar-refractivity contribution in [2.45, 2.75) is 30.8 Å². The van der Waals surface area contributed by atoms with Gasteiger partial charge in [0.15, 0.2) is 6.61 Å². The van der Waals surface area contributed by atoms with Gasteiger partial charge in [-0.1, -0.05) is 35.9 Å². The Morgan fingerprint density at radius 1 is 1.02 bits per heavy atom. The molecule has 3 aromatic carbocycles. The summed E-state index contributed by atoms with van der Waals surface area (Å²) in [6.07, 6.45) is 3.46. The van der Waals surface area contributed by atoms with Gasteiger partial charge in [-0.15, -0.1) is 0 Å². The average molecular weight is 565 g/mol. The fourth-order valence-corrected chi connectivity index (χ4v) is 5.40. The van der Waals surface area contributed by atoms with E-state index in [4.69, 9.17) is 9.47 Å². The van der Waals surface area contributed by atoms with Crippen molar-refractivity contribution in [1.82, 2.24) is 10.7 Å². The minimum absolute atomic E-state index is 0.0713. The van der Waals surface area contributed by atoms with E-state index in [1.54, 1.807) is 66.7 Å². The second-order valence-corrected chi connectivity index (χ2v) is 11.1. The van der Waals surface area contributed by atoms with Crippen molar-refractivity contribution >= 4 is 33.7 Å². The number of nitrogens with one attached hydrogen (secondary N) is 2. The van der Waals surface area contributed by atoms with Gasteiger partial charge in [-0.25, -0.2) is 13.8 Å². The molecular formula is C29H32N4O6S. The van der Waals surface area contributed by atoms with Crippen molar-refractivity contribution < 1.29 is 27.5 Å². The average Bonchev–Trinajstić information content (AvgIpc) is 3.49. The fraction of sp³-hybridized carbons (Fsp3) is 0.276. The number of ether oxygens (including phenoxy) is 2. The second-order valence-electron chi connectivity index (χ2n) is 9.25. The molecule has 2 amide bonds. The summed E-state index contributed by atoms with van der Waals surface area (Å²) < 4.78 is 38.8. The molecule has 0 bridgehead atoms. The van der Waals surface area contributed by atoms with Crippen molar-refractivity contribution in [1.29, 1.82) is 0 Å². The molecule has 0 unspecified atom stereocenters. The molecule has 10 nitrogen and oxygen atoms in total. The normalized spacial score (nSPS) is 15.1. The molecule has 2 N–H and O–H groups in total. The highest BCUT2D eigenvalue weighted by molar-refractivity contribution is 7.92. The Bertz CT molecular complexity index is 1410. The van der Waals surface area contributed by atoms with Gasteiger partial charge in [0.25, 0.3) is 21.8 Å². The third-order valence-electron chi connectivity index (χ3n) is 6.14. The summed E-state index contributed by atoms with van der Waals surface area (Å²) in [5, 5.41) is 6.76. The van der Waals surface area contributed by atoms with Gasteiger partial charge in [-0.05, 0) is 73.9 Å². The predicted molar refractivity (Wildman–Crippen MR) is 152 cm³/mol. The van der Waals surface area contributed by atoms with Crippen LogP contribution in [0.4, 0.5) is 5.69 Å². The van der Waals surface area contributed by atoms with Crippen LogP contribution in [0.15, 0.2) is 88.9 Å². The topological polar surface area (TPSA) is 126 Å². The number of anilines is 1. The first-order valence-electron chi connectivity index (χ1n) is 12.9. The Hall–Kier alpha value is -4.22. The number of carbonyl (C=O) groups is 2. The predicted octanol–water partition coefficient (Wildman–Crippen LogP) is 3.01. The van der Waals surface area contributed by atoms with Crippen molar-refractivity contribution in [3.63, 3.8) is 0 Å². The van der Waals surface area contributed by atoms with Crippen molar-refractivity contribution in [2.24, 2.45) is 5.10 Å². The molecule has 1 saturated heterocycles. The summed E-state index contributed by atoms with van der Waals surface area (Å²) in [6.45, 7) is 2.51. The molecule has 0 aliphatic carbocycles. The molecule has 40 heavy (non-hydrogen) atoms. The molecule has 0 aromatic heterocycles. The van der Waals surface area contributed by atoms with E-state index >= 15 is 0 Å². The molecule has 1 aliphatic rings. The lowest BCUT2D eigenvalue weighted by molar-refractivity contribution is -0.123. The summed E-state index contributed by atoms with van der Waals surface area (Å²) in [5.41, 5.74) is 4.34. The number of hydrogen-bond acceptors (Lipinski definition) is 7. The summed E-state index contributed by atoms with van der Waals surface area (Å²) in [5.74, 6) is -0.323. The zero-order chi connectivity index (χ0) is 28.4. The lowest BCUT2D eigenvalue weighted by Gasteiger charge is -2.23. The Kier molecular flexibility index (Phi) is 9.87. The number of nitrogens with zero attached hydrogens (tertiary/aromatic N) is 2. The first kappa shape index (κ1) is 28.8. The molecule has 0 radical (unpaired) electrons. The van der Waals surface area contributed by atoms with Gasteiger partial charge in [-0.2, -0.15) is 5.10 Å². The van der Waals surface area contributed by atoms with Gasteiger partial charge < -0.3 is 14.8 Å². The molecule has 3 aromatic rings. The molecule has 210 valence electrons. The van der Waals surface area contributed by atoms with Crippen molar-refractivity contribution in [3.05, 3.63) is 90.0 Å². The van der Waals surface area contributed by atoms with Gasteiger partial charge in [0.2, 0.25) is 0 Å². The number of hydrogen-bond donors (Lipinski definition) is 2. The van der Waals surface area contributed by atoms with E-state index in [9.17, 15) is 18.0 Å². The van der Waals surface area contributed by atoms with E-state index in [-0.39, 0.29) is 23.5 Å². The molecule has 0 spiro atoms. The lowest BCUT2D eigenvalue weighted by Crippen LogP contribution is -2.39. The smallest absolute Gasteiger partial charge is 0.264 e. The largest absolute Gasteiger partial charge is 0.484 e. The highest BCUT2D eigenvalue weighted by Gasteiger charge is 2.27. The van der Waals surface area contributed by atoms with E-state index in [1.165, 1.54) is 18.3 Å². The number of aryl methyl sites for hydroxylation is 1. The summed E-state index contributed by atoms with van der Waals surface area (Å²) >= 11 is 0. The third kappa shape index (κ3) is 8.14. The van der Waals surface area contributed by atoms with E-state index in [1.807, 2.05) is 6.92 Å². The number of carbonyl (C=O) groups excluding carboxylic acids is 2. The van der Waals surface area contributed by atoms with Gasteiger partial charge in [0, 0.05) is 13.2 Å². The molecule has 1 fully saturated rings. The zero-order valence-corrected chi connectivity index (χ0v) is 23.0. The standard InChI is InChI=1S/C29H32N4O6S/c1-22-9-15-27(16-10-22)40(36,37)33(24-6-3-2-4-7-24)20-28(34)32-31-18-23-11-13-25(14-12-23)39-21-29(35)30-19-26-8-5-17-38-26/h2-4,6-7,9-16,18,26H,5,8,17,19-21H2,1H3,(H,30,35)(H,32,34)/b31-18-/t26-/m0/s1. The highest BCUT2D eigenvalue weighted by atomic mass is 32.2. The van der Waals surface area contributed by atoms with Gasteiger partial charge in [0.1, 0.15) is 12.3 Å². The molecular weight excluding hydrogens is 532 g/mol. The van der Waals surface area contributed by atoms with Crippen LogP contribution in [0.5, 0.6) is 5.75 Å². The molecule has 1 aliphatic heterocycles. The first-order valence-corrected chi connectivity index (χ1v) is 14.3. The van der Waals surface area contributed by atoms with Crippen LogP contribution in [-0.4, -0.2) is 58.9 Å². The summed E-state index contributed by atoms with van der Waals surface area (Å²) in [6, 6.07) is 21.7. The van der Waals surface area contributed by atoms with Crippen LogP contribution in [-0.2, 0) is 24.3 Å². The van der Waals surface area contributed by atoms with E-state index in [0.29, 0.717) is 23.5 Å². The van der Waals surface area contributed by atoms with Crippen LogP contribution in [0.1, 0.15) is 24.0 Å². The fourth-order valence-electron chi connectivity index (χ4n) is 3.97. The van der Waals surface area contributed by atoms with Crippen LogP contribution < -0.4 is 19.8 Å². The molecule has 11 heteroatoms. The summed E-state index contributed by atoms with van der Waals surface area (Å²) in [4.78, 5) is 24.8. The SMILES string of the molecule is Cc1ccc(S(=O)(=O)N(CC(=O)N/N=C\c2ccc(OCC(=O)NC[C@@H]3CCCO3)cc2)c2ccccc2)cc1. The van der Waals surface area contributed by atoms with Crippen LogP contribution in [0.2, 0.25) is 0 Å². The number of sulfonamides is 1. The van der Waals surface area contributed by atoms with Crippen LogP contribution in [0, 0.1) is 6.92 Å². The van der Waals surface area contributed by atoms with Gasteiger partial charge in [-0.3, -0.25) is 13.9 Å². The van der Waals surface area contributed by atoms with Crippen molar-refractivity contribution in [3.8, 4) is 5.75 Å². The first-order chi connectivity index (χ1) is 19.3. The molecule has 0 saturated carbocycles. The number of hydrazone groups is 1. The molecule has 1 heterocycles. The van der Waals surface area contributed by atoms with Crippen molar-refractivity contribution in [2.75, 3.05) is 30.6 Å². The maximum absolute atomic E-state index is 13.4. The minimum atomic E-state index is -4.00. The Balaban J connectivity index is 1.30. The monoisotopic (exact) mass is 564 g/mol. The third-order valence-corrected chi connectivity index (χ3v) is 7.93. The maximum Gasteiger partial charge on any atom is 0.264 e. The quantitative estimate of drug-likeness (QED) is 0.257. The molecule has 4 rings (SSSR count). The van der Waals surface area contributed by atoms with Crippen LogP contribution in [0.25, 0.3) is 0 Å². The zero-order valence-electron chi connectivity index (χ0n) is 22.2. The van der Waals surface area contributed by atoms with Crippen LogP contribution in [0.3, 0.4) is 0 Å². The maximum atomic E-state index is 13.4. The van der Waals surface area contributed by atoms with E-state index in [2.05, 4.69) is 15.8 Å². The Morgan fingerprint density at radius 3 is 2.42 bits per heavy atom. The van der Waals surface area contributed by atoms with E-state index in [0.717, 1.165) is 29.3 Å². The second kappa shape index (κ2) is 13.7. The number of rotatable bonds is 12. The number of benzene rings is 3. The minimum Gasteiger partial charge on any atom is -0.484 e. The van der Waals surface area contributed by atoms with E-state index < -0.39 is 22.5 Å². The summed E-state index contributed by atoms with van der Waals surface area (Å²) in [7, 11) is -4.00. The Labute approximate surface area is 234 Å². The lowest BCUT2D eigenvalue weighted by atomic mass is 10.2.